The number of hydrogen-bond acceptors (Lipinski definition) is 8. The summed E-state index contributed by atoms with van der Waals surface area (Å²) in [6.07, 6.45) is 5.12. The highest BCUT2D eigenvalue weighted by Gasteiger charge is 2.32. The van der Waals surface area contributed by atoms with Crippen LogP contribution >= 0.6 is 11.3 Å². The van der Waals surface area contributed by atoms with Gasteiger partial charge < -0.3 is 19.8 Å². The average Bonchev–Trinajstić information content (AvgIpc) is 3.37. The second-order valence-corrected chi connectivity index (χ2v) is 9.91. The Morgan fingerprint density at radius 3 is 2.57 bits per heavy atom. The van der Waals surface area contributed by atoms with Gasteiger partial charge >= 0.3 is 0 Å². The normalized spacial score (nSPS) is 13.9. The van der Waals surface area contributed by atoms with Gasteiger partial charge in [-0.25, -0.2) is 9.97 Å². The number of benzene rings is 2. The molecule has 1 atom stereocenters. The smallest absolute Gasteiger partial charge is 0.239 e. The number of methoxy groups -OCH3 is 1. The van der Waals surface area contributed by atoms with Crippen LogP contribution in [-0.2, 0) is 19.1 Å². The number of oxazole rings is 1. The van der Waals surface area contributed by atoms with Gasteiger partial charge in [0, 0.05) is 25.1 Å². The molecule has 2 aromatic heterocycles. The predicted molar refractivity (Wildman–Crippen MR) is 139 cm³/mol. The van der Waals surface area contributed by atoms with Crippen LogP contribution in [0.1, 0.15) is 30.2 Å². The molecule has 0 bridgehead atoms. The van der Waals surface area contributed by atoms with Crippen LogP contribution in [-0.4, -0.2) is 53.9 Å². The fourth-order valence-corrected chi connectivity index (χ4v) is 5.07. The fourth-order valence-electron chi connectivity index (χ4n) is 3.94. The SMILES string of the molecule is COCCC(=O)C(C(=O)NCC(=O)NC1CC1)c1nc2ccc(-c3ccc(-c4ncco4)cc3)cc2s1. The van der Waals surface area contributed by atoms with Crippen molar-refractivity contribution in [3.8, 4) is 22.6 Å². The van der Waals surface area contributed by atoms with Gasteiger partial charge in [0.1, 0.15) is 17.2 Å². The van der Waals surface area contributed by atoms with Gasteiger partial charge in [0.2, 0.25) is 17.7 Å². The summed E-state index contributed by atoms with van der Waals surface area (Å²) in [4.78, 5) is 46.9. The summed E-state index contributed by atoms with van der Waals surface area (Å²) in [6.45, 7) is 0.0191. The van der Waals surface area contributed by atoms with Gasteiger partial charge in [-0.1, -0.05) is 18.2 Å². The fraction of sp³-hybridized carbons (Fsp3) is 0.296. The maximum Gasteiger partial charge on any atom is 0.239 e. The van der Waals surface area contributed by atoms with Crippen molar-refractivity contribution in [1.29, 1.82) is 0 Å². The molecule has 0 radical (unpaired) electrons. The monoisotopic (exact) mass is 518 g/mol. The van der Waals surface area contributed by atoms with E-state index in [0.29, 0.717) is 16.4 Å². The zero-order valence-electron chi connectivity index (χ0n) is 20.2. The lowest BCUT2D eigenvalue weighted by atomic mass is 10.0. The molecule has 2 amide bonds. The number of aromatic nitrogens is 2. The first-order valence-electron chi connectivity index (χ1n) is 12.0. The first-order chi connectivity index (χ1) is 18.0. The van der Waals surface area contributed by atoms with Crippen LogP contribution in [0.3, 0.4) is 0 Å². The van der Waals surface area contributed by atoms with Crippen molar-refractivity contribution in [2.45, 2.75) is 31.2 Å². The molecule has 1 aliphatic rings. The molecule has 2 N–H and O–H groups in total. The van der Waals surface area contributed by atoms with E-state index in [1.807, 2.05) is 42.5 Å². The summed E-state index contributed by atoms with van der Waals surface area (Å²) < 4.78 is 11.2. The predicted octanol–water partition coefficient (Wildman–Crippen LogP) is 3.70. The van der Waals surface area contributed by atoms with E-state index in [4.69, 9.17) is 9.15 Å². The summed E-state index contributed by atoms with van der Waals surface area (Å²) in [7, 11) is 1.50. The van der Waals surface area contributed by atoms with E-state index in [-0.39, 0.29) is 37.3 Å². The summed E-state index contributed by atoms with van der Waals surface area (Å²) in [5.41, 5.74) is 3.55. The van der Waals surface area contributed by atoms with Crippen LogP contribution in [0.2, 0.25) is 0 Å². The van der Waals surface area contributed by atoms with Crippen LogP contribution in [0.4, 0.5) is 0 Å². The Labute approximate surface area is 217 Å². The van der Waals surface area contributed by atoms with Crippen LogP contribution in [0, 0.1) is 0 Å². The molecule has 1 fully saturated rings. The van der Waals surface area contributed by atoms with E-state index in [0.717, 1.165) is 34.2 Å². The second kappa shape index (κ2) is 11.0. The zero-order chi connectivity index (χ0) is 25.8. The molecule has 4 aromatic rings. The molecule has 2 heterocycles. The molecule has 1 aliphatic carbocycles. The molecule has 10 heteroatoms. The number of Topliss-reactive ketones (excluding diaryl/α,β-unsaturated/α-hetero) is 1. The number of fused-ring (bicyclic) bond motifs is 1. The van der Waals surface area contributed by atoms with E-state index >= 15 is 0 Å². The van der Waals surface area contributed by atoms with E-state index < -0.39 is 11.8 Å². The van der Waals surface area contributed by atoms with Crippen molar-refractivity contribution >= 4 is 39.2 Å². The van der Waals surface area contributed by atoms with Crippen LogP contribution in [0.5, 0.6) is 0 Å². The molecule has 1 unspecified atom stereocenters. The molecule has 5 rings (SSSR count). The third-order valence-corrected chi connectivity index (χ3v) is 7.13. The Balaban J connectivity index is 1.37. The number of rotatable bonds is 11. The van der Waals surface area contributed by atoms with Crippen molar-refractivity contribution in [1.82, 2.24) is 20.6 Å². The van der Waals surface area contributed by atoms with Gasteiger partial charge in [-0.2, -0.15) is 0 Å². The largest absolute Gasteiger partial charge is 0.445 e. The first-order valence-corrected chi connectivity index (χ1v) is 12.8. The molecule has 0 spiro atoms. The molecule has 2 aromatic carbocycles. The number of thiazole rings is 1. The molecule has 0 aliphatic heterocycles. The first kappa shape index (κ1) is 24.8. The molecular weight excluding hydrogens is 492 g/mol. The van der Waals surface area contributed by atoms with E-state index in [2.05, 4.69) is 20.6 Å². The maximum atomic E-state index is 13.0. The Bertz CT molecular complexity index is 1410. The Kier molecular flexibility index (Phi) is 7.38. The van der Waals surface area contributed by atoms with Crippen molar-refractivity contribution in [3.63, 3.8) is 0 Å². The summed E-state index contributed by atoms with van der Waals surface area (Å²) in [5, 5.41) is 5.83. The number of amides is 2. The lowest BCUT2D eigenvalue weighted by Gasteiger charge is -2.13. The van der Waals surface area contributed by atoms with E-state index in [1.165, 1.54) is 24.7 Å². The van der Waals surface area contributed by atoms with Crippen molar-refractivity contribution in [3.05, 3.63) is 59.9 Å². The number of ether oxygens (including phenoxy) is 1. The Morgan fingerprint density at radius 2 is 1.86 bits per heavy atom. The topological polar surface area (TPSA) is 123 Å². The minimum absolute atomic E-state index is 0.0703. The molecular formula is C27H26N4O5S. The number of carbonyl (C=O) groups is 3. The van der Waals surface area contributed by atoms with E-state index in [1.54, 1.807) is 6.20 Å². The highest BCUT2D eigenvalue weighted by Crippen LogP contribution is 2.33. The van der Waals surface area contributed by atoms with Crippen LogP contribution < -0.4 is 10.6 Å². The van der Waals surface area contributed by atoms with Crippen LogP contribution in [0.15, 0.2) is 59.3 Å². The maximum absolute atomic E-state index is 13.0. The second-order valence-electron chi connectivity index (χ2n) is 8.85. The number of nitrogens with one attached hydrogen (secondary N) is 2. The summed E-state index contributed by atoms with van der Waals surface area (Å²) in [5.74, 6) is -1.65. The van der Waals surface area contributed by atoms with E-state index in [9.17, 15) is 14.4 Å². The number of nitrogens with zero attached hydrogens (tertiary/aromatic N) is 2. The number of ketones is 1. The summed E-state index contributed by atoms with van der Waals surface area (Å²) >= 11 is 1.30. The quantitative estimate of drug-likeness (QED) is 0.290. The van der Waals surface area contributed by atoms with Crippen LogP contribution in [0.25, 0.3) is 32.8 Å². The standard InChI is InChI=1S/C27H26N4O5S/c1-35-12-10-21(32)24(25(34)29-15-23(33)30-19-7-8-19)27-31-20-9-6-18(14-22(20)37-27)16-2-4-17(5-3-16)26-28-11-13-36-26/h2-6,9,11,13-14,19,24H,7-8,10,12,15H2,1H3,(H,29,34)(H,30,33). The van der Waals surface area contributed by atoms with Crippen molar-refractivity contribution in [2.75, 3.05) is 20.3 Å². The third-order valence-electron chi connectivity index (χ3n) is 6.05. The lowest BCUT2D eigenvalue weighted by Crippen LogP contribution is -2.41. The van der Waals surface area contributed by atoms with Crippen molar-refractivity contribution in [2.24, 2.45) is 0 Å². The number of carbonyl (C=O) groups excluding carboxylic acids is 3. The minimum atomic E-state index is -1.11. The van der Waals surface area contributed by atoms with Gasteiger partial charge in [-0.05, 0) is 48.2 Å². The highest BCUT2D eigenvalue weighted by atomic mass is 32.1. The molecule has 0 saturated heterocycles. The van der Waals surface area contributed by atoms with Gasteiger partial charge in [0.05, 0.1) is 29.6 Å². The molecule has 190 valence electrons. The summed E-state index contributed by atoms with van der Waals surface area (Å²) in [6, 6.07) is 13.9. The zero-order valence-corrected chi connectivity index (χ0v) is 21.0. The third kappa shape index (κ3) is 5.92. The number of hydrogen-bond donors (Lipinski definition) is 2. The Morgan fingerprint density at radius 1 is 1.11 bits per heavy atom. The van der Waals surface area contributed by atoms with Crippen molar-refractivity contribution < 1.29 is 23.5 Å². The average molecular weight is 519 g/mol. The van der Waals surface area contributed by atoms with Gasteiger partial charge in [-0.3, -0.25) is 14.4 Å². The van der Waals surface area contributed by atoms with Gasteiger partial charge in [0.25, 0.3) is 0 Å². The Hall–Kier alpha value is -3.89. The molecule has 1 saturated carbocycles. The molecule has 37 heavy (non-hydrogen) atoms. The van der Waals surface area contributed by atoms with Gasteiger partial charge in [-0.15, -0.1) is 11.3 Å². The highest BCUT2D eigenvalue weighted by molar-refractivity contribution is 7.18. The minimum Gasteiger partial charge on any atom is -0.445 e. The molecule has 9 nitrogen and oxygen atoms in total. The van der Waals surface area contributed by atoms with Gasteiger partial charge in [0.15, 0.2) is 5.78 Å². The lowest BCUT2D eigenvalue weighted by molar-refractivity contribution is -0.132.